The molecule has 2 aromatic rings. The molecule has 16 heavy (non-hydrogen) atoms. The lowest BCUT2D eigenvalue weighted by Gasteiger charge is -2.02. The molecule has 0 saturated carbocycles. The van der Waals surface area contributed by atoms with Crippen LogP contribution in [0.2, 0.25) is 0 Å². The molecule has 0 spiro atoms. The molecule has 1 N–H and O–H groups in total. The quantitative estimate of drug-likeness (QED) is 0.847. The second-order valence-electron chi connectivity index (χ2n) is 3.61. The van der Waals surface area contributed by atoms with Gasteiger partial charge in [0.25, 0.3) is 0 Å². The molecule has 0 radical (unpaired) electrons. The molecule has 0 amide bonds. The maximum Gasteiger partial charge on any atom is 0.0885 e. The van der Waals surface area contributed by atoms with Crippen molar-refractivity contribution < 1.29 is 5.11 Å². The van der Waals surface area contributed by atoms with E-state index in [4.69, 9.17) is 5.11 Å². The number of hydrogen-bond donors (Lipinski definition) is 1. The van der Waals surface area contributed by atoms with E-state index in [0.717, 1.165) is 24.1 Å². The van der Waals surface area contributed by atoms with Crippen molar-refractivity contribution in [1.82, 2.24) is 9.97 Å². The number of aliphatic hydroxyl groups excluding tert-OH is 1. The fraction of sp³-hybridized carbons (Fsp3) is 0.231. The summed E-state index contributed by atoms with van der Waals surface area (Å²) in [7, 11) is 0. The van der Waals surface area contributed by atoms with Crippen LogP contribution in [0.5, 0.6) is 0 Å². The monoisotopic (exact) mass is 214 g/mol. The average Bonchev–Trinajstić information content (AvgIpc) is 2.38. The predicted molar refractivity (Wildman–Crippen MR) is 62.9 cm³/mol. The van der Waals surface area contributed by atoms with Crippen LogP contribution in [0.4, 0.5) is 0 Å². The molecule has 0 aliphatic heterocycles. The van der Waals surface area contributed by atoms with E-state index in [1.165, 1.54) is 5.56 Å². The number of aromatic nitrogens is 2. The summed E-state index contributed by atoms with van der Waals surface area (Å²) in [5, 5.41) is 8.74. The minimum Gasteiger partial charge on any atom is -0.396 e. The van der Waals surface area contributed by atoms with Gasteiger partial charge >= 0.3 is 0 Å². The first kappa shape index (κ1) is 10.8. The summed E-state index contributed by atoms with van der Waals surface area (Å²) in [6.07, 6.45) is 6.83. The molecule has 3 heteroatoms. The highest BCUT2D eigenvalue weighted by atomic mass is 16.2. The molecule has 1 aromatic carbocycles. The van der Waals surface area contributed by atoms with Crippen molar-refractivity contribution in [3.63, 3.8) is 0 Å². The van der Waals surface area contributed by atoms with E-state index in [2.05, 4.69) is 22.1 Å². The molecular formula is C13H14N2O. The molecule has 0 bridgehead atoms. The van der Waals surface area contributed by atoms with Gasteiger partial charge in [0.1, 0.15) is 0 Å². The molecule has 0 aliphatic carbocycles. The smallest absolute Gasteiger partial charge is 0.0885 e. The minimum absolute atomic E-state index is 0.242. The Balaban J connectivity index is 2.13. The molecule has 0 unspecified atom stereocenters. The topological polar surface area (TPSA) is 46.0 Å². The predicted octanol–water partition coefficient (Wildman–Crippen LogP) is 2.07. The summed E-state index contributed by atoms with van der Waals surface area (Å²) in [5.74, 6) is 0. The third kappa shape index (κ3) is 2.64. The molecule has 0 saturated heterocycles. The van der Waals surface area contributed by atoms with Crippen LogP contribution in [0.3, 0.4) is 0 Å². The maximum absolute atomic E-state index is 8.74. The molecule has 1 heterocycles. The SMILES string of the molecule is OCCCc1ccc(-c2cnccn2)cc1. The van der Waals surface area contributed by atoms with Crippen LogP contribution in [0, 0.1) is 0 Å². The Hall–Kier alpha value is -1.74. The minimum atomic E-state index is 0.242. The number of benzene rings is 1. The summed E-state index contributed by atoms with van der Waals surface area (Å²) in [6.45, 7) is 0.242. The lowest BCUT2D eigenvalue weighted by atomic mass is 10.1. The van der Waals surface area contributed by atoms with Gasteiger partial charge in [0, 0.05) is 24.6 Å². The second kappa shape index (κ2) is 5.37. The largest absolute Gasteiger partial charge is 0.396 e. The standard InChI is InChI=1S/C13H14N2O/c16-9-1-2-11-3-5-12(6-4-11)13-10-14-7-8-15-13/h3-8,10,16H,1-2,9H2. The van der Waals surface area contributed by atoms with E-state index in [-0.39, 0.29) is 6.61 Å². The first-order valence-electron chi connectivity index (χ1n) is 5.36. The Kier molecular flexibility index (Phi) is 3.62. The highest BCUT2D eigenvalue weighted by molar-refractivity contribution is 5.58. The van der Waals surface area contributed by atoms with Gasteiger partial charge in [0.05, 0.1) is 11.9 Å². The van der Waals surface area contributed by atoms with Gasteiger partial charge in [0.15, 0.2) is 0 Å². The molecule has 0 atom stereocenters. The van der Waals surface area contributed by atoms with E-state index in [0.29, 0.717) is 0 Å². The Bertz CT molecular complexity index is 425. The van der Waals surface area contributed by atoms with Crippen LogP contribution < -0.4 is 0 Å². The Labute approximate surface area is 94.8 Å². The van der Waals surface area contributed by atoms with E-state index in [1.54, 1.807) is 18.6 Å². The van der Waals surface area contributed by atoms with Gasteiger partial charge in [-0.15, -0.1) is 0 Å². The highest BCUT2D eigenvalue weighted by Gasteiger charge is 1.98. The van der Waals surface area contributed by atoms with E-state index < -0.39 is 0 Å². The van der Waals surface area contributed by atoms with Crippen LogP contribution in [0.15, 0.2) is 42.9 Å². The van der Waals surface area contributed by atoms with Crippen molar-refractivity contribution in [2.45, 2.75) is 12.8 Å². The van der Waals surface area contributed by atoms with Crippen LogP contribution >= 0.6 is 0 Å². The summed E-state index contributed by atoms with van der Waals surface area (Å²) in [6, 6.07) is 8.22. The number of aliphatic hydroxyl groups is 1. The van der Waals surface area contributed by atoms with Crippen molar-refractivity contribution in [2.24, 2.45) is 0 Å². The molecule has 82 valence electrons. The van der Waals surface area contributed by atoms with Crippen molar-refractivity contribution in [2.75, 3.05) is 6.61 Å². The fourth-order valence-corrected chi connectivity index (χ4v) is 1.57. The molecule has 3 nitrogen and oxygen atoms in total. The average molecular weight is 214 g/mol. The van der Waals surface area contributed by atoms with Crippen molar-refractivity contribution >= 4 is 0 Å². The van der Waals surface area contributed by atoms with Gasteiger partial charge in [-0.2, -0.15) is 0 Å². The van der Waals surface area contributed by atoms with Crippen LogP contribution in [-0.2, 0) is 6.42 Å². The van der Waals surface area contributed by atoms with Gasteiger partial charge in [-0.1, -0.05) is 24.3 Å². The number of hydrogen-bond acceptors (Lipinski definition) is 3. The summed E-state index contributed by atoms with van der Waals surface area (Å²) in [4.78, 5) is 8.28. The lowest BCUT2D eigenvalue weighted by Crippen LogP contribution is -1.90. The zero-order valence-corrected chi connectivity index (χ0v) is 9.00. The van der Waals surface area contributed by atoms with E-state index >= 15 is 0 Å². The third-order valence-electron chi connectivity index (χ3n) is 2.44. The zero-order valence-electron chi connectivity index (χ0n) is 9.00. The van der Waals surface area contributed by atoms with Crippen molar-refractivity contribution in [1.29, 1.82) is 0 Å². The first-order chi connectivity index (χ1) is 7.90. The number of rotatable bonds is 4. The molecular weight excluding hydrogens is 200 g/mol. The van der Waals surface area contributed by atoms with E-state index in [1.807, 2.05) is 12.1 Å². The molecule has 0 aliphatic rings. The van der Waals surface area contributed by atoms with Crippen molar-refractivity contribution in [3.8, 4) is 11.3 Å². The van der Waals surface area contributed by atoms with Gasteiger partial charge in [0.2, 0.25) is 0 Å². The summed E-state index contributed by atoms with van der Waals surface area (Å²) < 4.78 is 0. The Morgan fingerprint density at radius 3 is 2.50 bits per heavy atom. The lowest BCUT2D eigenvalue weighted by molar-refractivity contribution is 0.288. The fourth-order valence-electron chi connectivity index (χ4n) is 1.57. The number of nitrogens with zero attached hydrogens (tertiary/aromatic N) is 2. The molecule has 2 rings (SSSR count). The molecule has 0 fully saturated rings. The first-order valence-corrected chi connectivity index (χ1v) is 5.36. The number of aryl methyl sites for hydroxylation is 1. The van der Waals surface area contributed by atoms with Crippen LogP contribution in [0.25, 0.3) is 11.3 Å². The summed E-state index contributed by atoms with van der Waals surface area (Å²) in [5.41, 5.74) is 3.19. The maximum atomic E-state index is 8.74. The van der Waals surface area contributed by atoms with Crippen LogP contribution in [0.1, 0.15) is 12.0 Å². The van der Waals surface area contributed by atoms with Gasteiger partial charge in [-0.05, 0) is 18.4 Å². The Morgan fingerprint density at radius 2 is 1.88 bits per heavy atom. The van der Waals surface area contributed by atoms with Crippen LogP contribution in [-0.4, -0.2) is 21.7 Å². The normalized spacial score (nSPS) is 10.3. The third-order valence-corrected chi connectivity index (χ3v) is 2.44. The van der Waals surface area contributed by atoms with Gasteiger partial charge < -0.3 is 5.11 Å². The second-order valence-corrected chi connectivity index (χ2v) is 3.61. The highest BCUT2D eigenvalue weighted by Crippen LogP contribution is 2.16. The Morgan fingerprint density at radius 1 is 1.06 bits per heavy atom. The van der Waals surface area contributed by atoms with Gasteiger partial charge in [-0.3, -0.25) is 9.97 Å². The zero-order chi connectivity index (χ0) is 11.2. The van der Waals surface area contributed by atoms with Gasteiger partial charge in [-0.25, -0.2) is 0 Å². The molecule has 1 aromatic heterocycles. The van der Waals surface area contributed by atoms with Crippen molar-refractivity contribution in [3.05, 3.63) is 48.4 Å². The van der Waals surface area contributed by atoms with E-state index in [9.17, 15) is 0 Å². The summed E-state index contributed by atoms with van der Waals surface area (Å²) >= 11 is 0.